The van der Waals surface area contributed by atoms with Crippen LogP contribution >= 0.6 is 0 Å². The Kier molecular flexibility index (Phi) is 4.67. The van der Waals surface area contributed by atoms with Gasteiger partial charge in [0.2, 0.25) is 5.91 Å². The van der Waals surface area contributed by atoms with E-state index in [9.17, 15) is 14.4 Å². The van der Waals surface area contributed by atoms with Crippen LogP contribution in [-0.4, -0.2) is 39.0 Å². The maximum absolute atomic E-state index is 11.4. The maximum Gasteiger partial charge on any atom is 0.326 e. The predicted molar refractivity (Wildman–Crippen MR) is 59.2 cm³/mol. The third-order valence-corrected chi connectivity index (χ3v) is 2.00. The van der Waals surface area contributed by atoms with Gasteiger partial charge < -0.3 is 26.5 Å². The van der Waals surface area contributed by atoms with E-state index >= 15 is 0 Å². The van der Waals surface area contributed by atoms with Gasteiger partial charge in [-0.15, -0.1) is 0 Å². The lowest BCUT2D eigenvalue weighted by molar-refractivity contribution is -0.140. The molecule has 1 rings (SSSR count). The molecule has 0 bridgehead atoms. The highest BCUT2D eigenvalue weighted by Crippen LogP contribution is 1.93. The van der Waals surface area contributed by atoms with Crippen LogP contribution in [-0.2, 0) is 16.1 Å². The first-order chi connectivity index (χ1) is 8.49. The third kappa shape index (κ3) is 4.51. The van der Waals surface area contributed by atoms with Crippen molar-refractivity contribution in [3.63, 3.8) is 0 Å². The SMILES string of the molecule is NC(=O)CC(NC(=O)NCc1cnc[nH]1)C(=O)O. The second-order valence-electron chi connectivity index (χ2n) is 3.47. The zero-order chi connectivity index (χ0) is 13.5. The molecule has 18 heavy (non-hydrogen) atoms. The molecular formula is C9H13N5O4. The summed E-state index contributed by atoms with van der Waals surface area (Å²) in [5.74, 6) is -2.14. The predicted octanol–water partition coefficient (Wildman–Crippen LogP) is -1.46. The molecule has 0 aliphatic carbocycles. The largest absolute Gasteiger partial charge is 0.480 e. The Morgan fingerprint density at radius 3 is 2.72 bits per heavy atom. The molecule has 1 heterocycles. The zero-order valence-corrected chi connectivity index (χ0v) is 9.34. The Bertz CT molecular complexity index is 430. The highest BCUT2D eigenvalue weighted by molar-refractivity contribution is 5.87. The average Bonchev–Trinajstić information content (AvgIpc) is 2.77. The van der Waals surface area contributed by atoms with Gasteiger partial charge in [0.1, 0.15) is 6.04 Å². The van der Waals surface area contributed by atoms with Crippen molar-refractivity contribution in [2.24, 2.45) is 5.73 Å². The molecule has 0 fully saturated rings. The van der Waals surface area contributed by atoms with Crippen LogP contribution in [0.3, 0.4) is 0 Å². The number of nitrogens with two attached hydrogens (primary N) is 1. The number of hydrogen-bond donors (Lipinski definition) is 5. The summed E-state index contributed by atoms with van der Waals surface area (Å²) in [4.78, 5) is 39.2. The molecular weight excluding hydrogens is 242 g/mol. The topological polar surface area (TPSA) is 150 Å². The van der Waals surface area contributed by atoms with E-state index in [2.05, 4.69) is 20.6 Å². The number of aliphatic carboxylic acids is 1. The molecule has 1 aromatic heterocycles. The van der Waals surface area contributed by atoms with Crippen LogP contribution < -0.4 is 16.4 Å². The number of hydrogen-bond acceptors (Lipinski definition) is 4. The molecule has 9 nitrogen and oxygen atoms in total. The highest BCUT2D eigenvalue weighted by atomic mass is 16.4. The van der Waals surface area contributed by atoms with Crippen LogP contribution in [0, 0.1) is 0 Å². The molecule has 3 amide bonds. The van der Waals surface area contributed by atoms with E-state index in [1.807, 2.05) is 0 Å². The Morgan fingerprint density at radius 2 is 2.22 bits per heavy atom. The van der Waals surface area contributed by atoms with E-state index in [-0.39, 0.29) is 6.54 Å². The maximum atomic E-state index is 11.4. The van der Waals surface area contributed by atoms with E-state index < -0.39 is 30.4 Å². The lowest BCUT2D eigenvalue weighted by Gasteiger charge is -2.13. The van der Waals surface area contributed by atoms with Gasteiger partial charge in [0.15, 0.2) is 0 Å². The van der Waals surface area contributed by atoms with Crippen molar-refractivity contribution in [1.82, 2.24) is 20.6 Å². The summed E-state index contributed by atoms with van der Waals surface area (Å²) in [6.07, 6.45) is 2.49. The van der Waals surface area contributed by atoms with Gasteiger partial charge in [0, 0.05) is 6.20 Å². The summed E-state index contributed by atoms with van der Waals surface area (Å²) in [7, 11) is 0. The second kappa shape index (κ2) is 6.23. The summed E-state index contributed by atoms with van der Waals surface area (Å²) in [6, 6.07) is -2.05. The zero-order valence-electron chi connectivity index (χ0n) is 9.34. The van der Waals surface area contributed by atoms with E-state index in [0.29, 0.717) is 5.69 Å². The van der Waals surface area contributed by atoms with Gasteiger partial charge in [-0.05, 0) is 0 Å². The fourth-order valence-electron chi connectivity index (χ4n) is 1.17. The van der Waals surface area contributed by atoms with E-state index in [1.165, 1.54) is 12.5 Å². The van der Waals surface area contributed by atoms with Crippen LogP contribution in [0.25, 0.3) is 0 Å². The van der Waals surface area contributed by atoms with Crippen LogP contribution in [0.5, 0.6) is 0 Å². The molecule has 0 spiro atoms. The van der Waals surface area contributed by atoms with Crippen molar-refractivity contribution in [3.8, 4) is 0 Å². The molecule has 6 N–H and O–H groups in total. The number of nitrogens with zero attached hydrogens (tertiary/aromatic N) is 1. The number of amides is 3. The number of urea groups is 1. The van der Waals surface area contributed by atoms with Crippen molar-refractivity contribution in [3.05, 3.63) is 18.2 Å². The number of carboxylic acid groups (broad SMARTS) is 1. The smallest absolute Gasteiger partial charge is 0.326 e. The van der Waals surface area contributed by atoms with Gasteiger partial charge in [-0.25, -0.2) is 14.6 Å². The van der Waals surface area contributed by atoms with Gasteiger partial charge in [0.05, 0.1) is 25.0 Å². The molecule has 1 aromatic rings. The van der Waals surface area contributed by atoms with Crippen molar-refractivity contribution >= 4 is 17.9 Å². The van der Waals surface area contributed by atoms with Gasteiger partial charge in [0.25, 0.3) is 0 Å². The van der Waals surface area contributed by atoms with E-state index in [1.54, 1.807) is 0 Å². The molecule has 9 heteroatoms. The first-order valence-electron chi connectivity index (χ1n) is 5.01. The summed E-state index contributed by atoms with van der Waals surface area (Å²) in [5, 5.41) is 13.3. The Morgan fingerprint density at radius 1 is 1.50 bits per heavy atom. The number of carbonyl (C=O) groups excluding carboxylic acids is 2. The molecule has 0 aromatic carbocycles. The van der Waals surface area contributed by atoms with Crippen molar-refractivity contribution in [2.45, 2.75) is 19.0 Å². The number of H-pyrrole nitrogens is 1. The normalized spacial score (nSPS) is 11.6. The van der Waals surface area contributed by atoms with Gasteiger partial charge in [-0.2, -0.15) is 0 Å². The fourth-order valence-corrected chi connectivity index (χ4v) is 1.17. The molecule has 0 saturated heterocycles. The summed E-state index contributed by atoms with van der Waals surface area (Å²) >= 11 is 0. The molecule has 1 atom stereocenters. The number of aromatic nitrogens is 2. The lowest BCUT2D eigenvalue weighted by Crippen LogP contribution is -2.47. The number of nitrogens with one attached hydrogen (secondary N) is 3. The number of primary amides is 1. The molecule has 98 valence electrons. The number of rotatable bonds is 6. The van der Waals surface area contributed by atoms with Crippen LogP contribution in [0.4, 0.5) is 4.79 Å². The third-order valence-electron chi connectivity index (χ3n) is 2.00. The highest BCUT2D eigenvalue weighted by Gasteiger charge is 2.21. The first-order valence-corrected chi connectivity index (χ1v) is 5.01. The first kappa shape index (κ1) is 13.5. The van der Waals surface area contributed by atoms with Gasteiger partial charge in [-0.1, -0.05) is 0 Å². The summed E-state index contributed by atoms with van der Waals surface area (Å²) in [6.45, 7) is 0.161. The van der Waals surface area contributed by atoms with Gasteiger partial charge in [-0.3, -0.25) is 4.79 Å². The standard InChI is InChI=1S/C9H13N5O4/c10-7(15)1-6(8(16)17)14-9(18)12-3-5-2-11-4-13-5/h2,4,6H,1,3H2,(H2,10,15)(H,11,13)(H,16,17)(H2,12,14,18). The van der Waals surface area contributed by atoms with E-state index in [4.69, 9.17) is 10.8 Å². The fraction of sp³-hybridized carbons (Fsp3) is 0.333. The summed E-state index contributed by atoms with van der Waals surface area (Å²) < 4.78 is 0. The van der Waals surface area contributed by atoms with Crippen LogP contribution in [0.2, 0.25) is 0 Å². The van der Waals surface area contributed by atoms with Crippen molar-refractivity contribution in [1.29, 1.82) is 0 Å². The second-order valence-corrected chi connectivity index (χ2v) is 3.47. The van der Waals surface area contributed by atoms with Gasteiger partial charge >= 0.3 is 12.0 Å². The van der Waals surface area contributed by atoms with E-state index in [0.717, 1.165) is 0 Å². The number of carboxylic acids is 1. The molecule has 0 radical (unpaired) electrons. The van der Waals surface area contributed by atoms with Crippen LogP contribution in [0.1, 0.15) is 12.1 Å². The number of imidazole rings is 1. The minimum atomic E-state index is -1.34. The number of carbonyl (C=O) groups is 3. The molecule has 1 unspecified atom stereocenters. The minimum absolute atomic E-state index is 0.161. The van der Waals surface area contributed by atoms with Crippen molar-refractivity contribution in [2.75, 3.05) is 0 Å². The monoisotopic (exact) mass is 255 g/mol. The molecule has 0 aliphatic rings. The Hall–Kier alpha value is -2.58. The van der Waals surface area contributed by atoms with Crippen LogP contribution in [0.15, 0.2) is 12.5 Å². The Balaban J connectivity index is 2.41. The molecule has 0 aliphatic heterocycles. The Labute approximate surface area is 102 Å². The lowest BCUT2D eigenvalue weighted by atomic mass is 10.2. The summed E-state index contributed by atoms with van der Waals surface area (Å²) in [5.41, 5.74) is 5.53. The average molecular weight is 255 g/mol. The van der Waals surface area contributed by atoms with Crippen molar-refractivity contribution < 1.29 is 19.5 Å². The quantitative estimate of drug-likeness (QED) is 0.420. The molecule has 0 saturated carbocycles. The number of aromatic amines is 1. The minimum Gasteiger partial charge on any atom is -0.480 e.